The van der Waals surface area contributed by atoms with E-state index < -0.39 is 0 Å². The Hall–Kier alpha value is -1.35. The molecule has 0 heterocycles. The van der Waals surface area contributed by atoms with E-state index in [1.54, 1.807) is 24.3 Å². The van der Waals surface area contributed by atoms with Crippen LogP contribution in [0.5, 0.6) is 0 Å². The van der Waals surface area contributed by atoms with Gasteiger partial charge in [-0.3, -0.25) is 9.59 Å². The molecule has 0 saturated heterocycles. The Balaban J connectivity index is 2.73. The lowest BCUT2D eigenvalue weighted by molar-refractivity contribution is -0.113. The first-order chi connectivity index (χ1) is 6.63. The SMILES string of the molecule is CC(=O)c1ccc(NC(=O)CCl)cc1. The molecule has 0 spiro atoms. The van der Waals surface area contributed by atoms with Crippen molar-refractivity contribution >= 4 is 29.0 Å². The zero-order chi connectivity index (χ0) is 10.6. The maximum atomic E-state index is 10.9. The number of carbonyl (C=O) groups excluding carboxylic acids is 2. The molecule has 0 radical (unpaired) electrons. The molecule has 1 aromatic rings. The van der Waals surface area contributed by atoms with Gasteiger partial charge in [-0.2, -0.15) is 0 Å². The summed E-state index contributed by atoms with van der Waals surface area (Å²) in [6.45, 7) is 1.49. The van der Waals surface area contributed by atoms with Crippen LogP contribution in [0.2, 0.25) is 0 Å². The summed E-state index contributed by atoms with van der Waals surface area (Å²) < 4.78 is 0. The van der Waals surface area contributed by atoms with Gasteiger partial charge in [-0.25, -0.2) is 0 Å². The molecule has 0 saturated carbocycles. The molecule has 3 nitrogen and oxygen atoms in total. The highest BCUT2D eigenvalue weighted by Gasteiger charge is 2.01. The molecule has 1 amide bonds. The largest absolute Gasteiger partial charge is 0.325 e. The van der Waals surface area contributed by atoms with Crippen LogP contribution in [0.4, 0.5) is 5.69 Å². The monoisotopic (exact) mass is 211 g/mol. The molecule has 4 heteroatoms. The lowest BCUT2D eigenvalue weighted by Gasteiger charge is -2.02. The average molecular weight is 212 g/mol. The van der Waals surface area contributed by atoms with Gasteiger partial charge in [0, 0.05) is 11.3 Å². The maximum Gasteiger partial charge on any atom is 0.239 e. The summed E-state index contributed by atoms with van der Waals surface area (Å²) in [5.41, 5.74) is 1.26. The van der Waals surface area contributed by atoms with E-state index in [0.717, 1.165) is 0 Å². The highest BCUT2D eigenvalue weighted by Crippen LogP contribution is 2.09. The average Bonchev–Trinajstić information content (AvgIpc) is 2.18. The summed E-state index contributed by atoms with van der Waals surface area (Å²) in [4.78, 5) is 21.8. The van der Waals surface area contributed by atoms with Gasteiger partial charge in [-0.05, 0) is 31.2 Å². The number of nitrogens with one attached hydrogen (secondary N) is 1. The smallest absolute Gasteiger partial charge is 0.239 e. The zero-order valence-corrected chi connectivity index (χ0v) is 8.47. The van der Waals surface area contributed by atoms with Crippen LogP contribution in [0.15, 0.2) is 24.3 Å². The molecule has 1 aromatic carbocycles. The highest BCUT2D eigenvalue weighted by atomic mass is 35.5. The standard InChI is InChI=1S/C10H10ClNO2/c1-7(13)8-2-4-9(5-3-8)12-10(14)6-11/h2-5H,6H2,1H3,(H,12,14). The van der Waals surface area contributed by atoms with E-state index >= 15 is 0 Å². The molecule has 0 aromatic heterocycles. The summed E-state index contributed by atoms with van der Waals surface area (Å²) in [5, 5.41) is 2.58. The predicted octanol–water partition coefficient (Wildman–Crippen LogP) is 2.07. The van der Waals surface area contributed by atoms with Gasteiger partial charge >= 0.3 is 0 Å². The first kappa shape index (κ1) is 10.7. The number of carbonyl (C=O) groups is 2. The van der Waals surface area contributed by atoms with Gasteiger partial charge in [0.2, 0.25) is 5.91 Å². The second-order valence-corrected chi connectivity index (χ2v) is 3.08. The van der Waals surface area contributed by atoms with Gasteiger partial charge in [0.25, 0.3) is 0 Å². The van der Waals surface area contributed by atoms with Crippen molar-refractivity contribution in [3.63, 3.8) is 0 Å². The minimum absolute atomic E-state index is 0.000204. The van der Waals surface area contributed by atoms with Crippen molar-refractivity contribution in [2.24, 2.45) is 0 Å². The normalized spacial score (nSPS) is 9.57. The third-order valence-electron chi connectivity index (χ3n) is 1.70. The van der Waals surface area contributed by atoms with Gasteiger partial charge in [0.05, 0.1) is 0 Å². The van der Waals surface area contributed by atoms with Crippen LogP contribution in [0.25, 0.3) is 0 Å². The second-order valence-electron chi connectivity index (χ2n) is 2.82. The predicted molar refractivity (Wildman–Crippen MR) is 55.8 cm³/mol. The molecule has 1 rings (SSSR count). The Morgan fingerprint density at radius 1 is 1.29 bits per heavy atom. The first-order valence-electron chi connectivity index (χ1n) is 4.10. The van der Waals surface area contributed by atoms with Gasteiger partial charge in [0.1, 0.15) is 5.88 Å². The molecular weight excluding hydrogens is 202 g/mol. The number of anilines is 1. The van der Waals surface area contributed by atoms with E-state index in [1.807, 2.05) is 0 Å². The van der Waals surface area contributed by atoms with Crippen LogP contribution >= 0.6 is 11.6 Å². The molecule has 0 fully saturated rings. The first-order valence-corrected chi connectivity index (χ1v) is 4.63. The number of ketones is 1. The Morgan fingerprint density at radius 3 is 2.29 bits per heavy atom. The summed E-state index contributed by atoms with van der Waals surface area (Å²) in [7, 11) is 0. The number of amides is 1. The third kappa shape index (κ3) is 2.85. The van der Waals surface area contributed by atoms with Crippen LogP contribution in [-0.2, 0) is 4.79 Å². The fourth-order valence-electron chi connectivity index (χ4n) is 0.983. The molecule has 0 unspecified atom stereocenters. The summed E-state index contributed by atoms with van der Waals surface area (Å²) in [6.07, 6.45) is 0. The Labute approximate surface area is 87.1 Å². The fourth-order valence-corrected chi connectivity index (χ4v) is 1.05. The molecule has 0 atom stereocenters. The number of hydrogen-bond acceptors (Lipinski definition) is 2. The van der Waals surface area contributed by atoms with E-state index in [2.05, 4.69) is 5.32 Å². The minimum Gasteiger partial charge on any atom is -0.325 e. The third-order valence-corrected chi connectivity index (χ3v) is 1.94. The van der Waals surface area contributed by atoms with Crippen LogP contribution in [0.3, 0.4) is 0 Å². The topological polar surface area (TPSA) is 46.2 Å². The van der Waals surface area contributed by atoms with Crippen molar-refractivity contribution in [1.82, 2.24) is 0 Å². The Morgan fingerprint density at radius 2 is 1.86 bits per heavy atom. The lowest BCUT2D eigenvalue weighted by Crippen LogP contribution is -2.12. The highest BCUT2D eigenvalue weighted by molar-refractivity contribution is 6.29. The molecular formula is C10H10ClNO2. The van der Waals surface area contributed by atoms with Crippen LogP contribution in [0.1, 0.15) is 17.3 Å². The van der Waals surface area contributed by atoms with E-state index in [-0.39, 0.29) is 17.6 Å². The molecule has 0 aliphatic rings. The van der Waals surface area contributed by atoms with E-state index in [1.165, 1.54) is 6.92 Å². The van der Waals surface area contributed by atoms with Crippen molar-refractivity contribution in [3.05, 3.63) is 29.8 Å². The number of rotatable bonds is 3. The van der Waals surface area contributed by atoms with Gasteiger partial charge < -0.3 is 5.32 Å². The number of Topliss-reactive ketones (excluding diaryl/α,β-unsaturated/α-hetero) is 1. The molecule has 1 N–H and O–H groups in total. The number of halogens is 1. The van der Waals surface area contributed by atoms with Crippen LogP contribution in [0, 0.1) is 0 Å². The zero-order valence-electron chi connectivity index (χ0n) is 7.71. The van der Waals surface area contributed by atoms with Gasteiger partial charge in [-0.1, -0.05) is 0 Å². The number of hydrogen-bond donors (Lipinski definition) is 1. The van der Waals surface area contributed by atoms with Gasteiger partial charge in [-0.15, -0.1) is 11.6 Å². The van der Waals surface area contributed by atoms with E-state index in [4.69, 9.17) is 11.6 Å². The van der Waals surface area contributed by atoms with Gasteiger partial charge in [0.15, 0.2) is 5.78 Å². The van der Waals surface area contributed by atoms with E-state index in [0.29, 0.717) is 11.3 Å². The lowest BCUT2D eigenvalue weighted by atomic mass is 10.1. The molecule has 0 aliphatic heterocycles. The van der Waals surface area contributed by atoms with Crippen molar-refractivity contribution in [1.29, 1.82) is 0 Å². The molecule has 0 bridgehead atoms. The maximum absolute atomic E-state index is 10.9. The van der Waals surface area contributed by atoms with Crippen molar-refractivity contribution in [2.75, 3.05) is 11.2 Å². The summed E-state index contributed by atoms with van der Waals surface area (Å²) in [5.74, 6) is -0.337. The van der Waals surface area contributed by atoms with Crippen LogP contribution in [-0.4, -0.2) is 17.6 Å². The number of alkyl halides is 1. The van der Waals surface area contributed by atoms with Crippen molar-refractivity contribution < 1.29 is 9.59 Å². The minimum atomic E-state index is -0.262. The van der Waals surface area contributed by atoms with E-state index in [9.17, 15) is 9.59 Å². The Kier molecular flexibility index (Phi) is 3.65. The molecule has 14 heavy (non-hydrogen) atoms. The Bertz CT molecular complexity index is 346. The second kappa shape index (κ2) is 4.77. The molecule has 0 aliphatic carbocycles. The van der Waals surface area contributed by atoms with Crippen molar-refractivity contribution in [3.8, 4) is 0 Å². The number of benzene rings is 1. The fraction of sp³-hybridized carbons (Fsp3) is 0.200. The van der Waals surface area contributed by atoms with Crippen molar-refractivity contribution in [2.45, 2.75) is 6.92 Å². The summed E-state index contributed by atoms with van der Waals surface area (Å²) >= 11 is 5.32. The summed E-state index contributed by atoms with van der Waals surface area (Å²) in [6, 6.07) is 6.65. The molecule has 74 valence electrons. The van der Waals surface area contributed by atoms with Crippen LogP contribution < -0.4 is 5.32 Å². The quantitative estimate of drug-likeness (QED) is 0.615.